The Balaban J connectivity index is 2.83. The molecule has 0 radical (unpaired) electrons. The number of aromatic amines is 1. The number of nitrogens with zero attached hydrogens (tertiary/aromatic N) is 1. The highest BCUT2D eigenvalue weighted by atomic mass is 35.5. The number of nitrogens with one attached hydrogen (secondary N) is 2. The van der Waals surface area contributed by atoms with E-state index in [0.29, 0.717) is 27.7 Å². The molecule has 2 aromatic rings. The maximum Gasteiger partial charge on any atom is 0.148 e. The fraction of sp³-hybridized carbons (Fsp3) is 0.308. The van der Waals surface area contributed by atoms with Gasteiger partial charge in [0, 0.05) is 46.3 Å². The molecule has 0 fully saturated rings. The lowest BCUT2D eigenvalue weighted by Crippen LogP contribution is -2.08. The van der Waals surface area contributed by atoms with Crippen LogP contribution in [-0.4, -0.2) is 27.7 Å². The minimum absolute atomic E-state index is 0.0156. The number of H-pyrrole nitrogens is 1. The summed E-state index contributed by atoms with van der Waals surface area (Å²) in [5.41, 5.74) is 2.11. The van der Waals surface area contributed by atoms with E-state index < -0.39 is 16.6 Å². The molecule has 1 heterocycles. The minimum Gasteiger partial charge on any atom is -0.388 e. The van der Waals surface area contributed by atoms with Crippen molar-refractivity contribution in [3.8, 4) is 0 Å². The SMILES string of the molecule is C/C=C(\NC)c1c(Cl)c(F)c(CS(C)=O)c2[nH]ncc12. The summed E-state index contributed by atoms with van der Waals surface area (Å²) in [6, 6.07) is 0. The van der Waals surface area contributed by atoms with Gasteiger partial charge in [0.15, 0.2) is 0 Å². The quantitative estimate of drug-likeness (QED) is 0.912. The molecule has 108 valence electrons. The second-order valence-corrected chi connectivity index (χ2v) is 6.12. The first-order valence-corrected chi connectivity index (χ1v) is 8.09. The molecule has 0 saturated carbocycles. The number of hydrogen-bond donors (Lipinski definition) is 2. The van der Waals surface area contributed by atoms with E-state index in [0.717, 1.165) is 0 Å². The molecule has 1 aromatic carbocycles. The molecule has 1 atom stereocenters. The van der Waals surface area contributed by atoms with Gasteiger partial charge < -0.3 is 5.32 Å². The molecule has 0 aliphatic carbocycles. The predicted molar refractivity (Wildman–Crippen MR) is 81.5 cm³/mol. The van der Waals surface area contributed by atoms with Crippen LogP contribution < -0.4 is 5.32 Å². The molecule has 2 rings (SSSR count). The molecule has 7 heteroatoms. The molecule has 4 nitrogen and oxygen atoms in total. The van der Waals surface area contributed by atoms with Crippen LogP contribution in [0, 0.1) is 5.82 Å². The molecule has 0 spiro atoms. The number of hydrogen-bond acceptors (Lipinski definition) is 3. The molecule has 0 bridgehead atoms. The normalized spacial score (nSPS) is 13.8. The van der Waals surface area contributed by atoms with Gasteiger partial charge in [0.25, 0.3) is 0 Å². The first kappa shape index (κ1) is 15.0. The third-order valence-electron chi connectivity index (χ3n) is 3.06. The van der Waals surface area contributed by atoms with Crippen LogP contribution in [-0.2, 0) is 16.6 Å². The van der Waals surface area contributed by atoms with Crippen molar-refractivity contribution >= 4 is 39.0 Å². The minimum atomic E-state index is -1.17. The second kappa shape index (κ2) is 5.93. The van der Waals surface area contributed by atoms with Gasteiger partial charge in [0.1, 0.15) is 5.82 Å². The van der Waals surface area contributed by atoms with Crippen molar-refractivity contribution in [2.24, 2.45) is 0 Å². The molecule has 1 aromatic heterocycles. The van der Waals surface area contributed by atoms with E-state index in [1.165, 1.54) is 6.26 Å². The van der Waals surface area contributed by atoms with Crippen molar-refractivity contribution in [3.05, 3.63) is 34.2 Å². The van der Waals surface area contributed by atoms with Crippen LogP contribution >= 0.6 is 11.6 Å². The molecular formula is C13H15ClFN3OS. The van der Waals surface area contributed by atoms with Crippen LogP contribution in [0.2, 0.25) is 5.02 Å². The Labute approximate surface area is 123 Å². The van der Waals surface area contributed by atoms with Gasteiger partial charge in [-0.25, -0.2) is 4.39 Å². The van der Waals surface area contributed by atoms with E-state index in [4.69, 9.17) is 11.6 Å². The van der Waals surface area contributed by atoms with Crippen molar-refractivity contribution in [2.75, 3.05) is 13.3 Å². The van der Waals surface area contributed by atoms with Gasteiger partial charge >= 0.3 is 0 Å². The lowest BCUT2D eigenvalue weighted by atomic mass is 10.0. The van der Waals surface area contributed by atoms with Gasteiger partial charge in [0.05, 0.1) is 22.5 Å². The predicted octanol–water partition coefficient (Wildman–Crippen LogP) is 2.81. The van der Waals surface area contributed by atoms with E-state index in [1.54, 1.807) is 13.2 Å². The summed E-state index contributed by atoms with van der Waals surface area (Å²) < 4.78 is 25.9. The van der Waals surface area contributed by atoms with Gasteiger partial charge in [-0.3, -0.25) is 9.31 Å². The number of fused-ring (bicyclic) bond motifs is 1. The summed E-state index contributed by atoms with van der Waals surface area (Å²) in [7, 11) is 0.568. The zero-order chi connectivity index (χ0) is 14.9. The average Bonchev–Trinajstić information content (AvgIpc) is 2.88. The van der Waals surface area contributed by atoms with Gasteiger partial charge in [0.2, 0.25) is 0 Å². The monoisotopic (exact) mass is 315 g/mol. The van der Waals surface area contributed by atoms with Crippen molar-refractivity contribution in [2.45, 2.75) is 12.7 Å². The number of halogens is 2. The topological polar surface area (TPSA) is 57.8 Å². The number of benzene rings is 1. The van der Waals surface area contributed by atoms with Gasteiger partial charge in [-0.2, -0.15) is 5.10 Å². The summed E-state index contributed by atoms with van der Waals surface area (Å²) in [4.78, 5) is 0. The van der Waals surface area contributed by atoms with E-state index in [9.17, 15) is 8.60 Å². The molecule has 20 heavy (non-hydrogen) atoms. The van der Waals surface area contributed by atoms with Crippen molar-refractivity contribution in [1.82, 2.24) is 15.5 Å². The number of rotatable bonds is 4. The Kier molecular flexibility index (Phi) is 4.45. The van der Waals surface area contributed by atoms with Crippen molar-refractivity contribution in [3.63, 3.8) is 0 Å². The summed E-state index contributed by atoms with van der Waals surface area (Å²) in [6.45, 7) is 1.83. The van der Waals surface area contributed by atoms with Crippen LogP contribution in [0.5, 0.6) is 0 Å². The lowest BCUT2D eigenvalue weighted by Gasteiger charge is -2.14. The smallest absolute Gasteiger partial charge is 0.148 e. The number of aromatic nitrogens is 2. The zero-order valence-electron chi connectivity index (χ0n) is 11.4. The van der Waals surface area contributed by atoms with Crippen LogP contribution in [0.4, 0.5) is 4.39 Å². The maximum atomic E-state index is 14.5. The highest BCUT2D eigenvalue weighted by Crippen LogP contribution is 2.35. The summed E-state index contributed by atoms with van der Waals surface area (Å²) in [6.07, 6.45) is 4.93. The van der Waals surface area contributed by atoms with Crippen molar-refractivity contribution in [1.29, 1.82) is 0 Å². The van der Waals surface area contributed by atoms with E-state index >= 15 is 0 Å². The fourth-order valence-corrected chi connectivity index (χ4v) is 3.19. The third kappa shape index (κ3) is 2.45. The second-order valence-electron chi connectivity index (χ2n) is 4.31. The summed E-state index contributed by atoms with van der Waals surface area (Å²) in [5, 5.41) is 10.4. The largest absolute Gasteiger partial charge is 0.388 e. The molecule has 2 N–H and O–H groups in total. The molecule has 0 aliphatic heterocycles. The van der Waals surface area contributed by atoms with Crippen LogP contribution in [0.25, 0.3) is 16.6 Å². The van der Waals surface area contributed by atoms with Gasteiger partial charge in [-0.1, -0.05) is 17.7 Å². The number of allylic oxidation sites excluding steroid dienone is 1. The Bertz CT molecular complexity index is 711. The molecule has 1 unspecified atom stereocenters. The fourth-order valence-electron chi connectivity index (χ4n) is 2.19. The Hall–Kier alpha value is -1.40. The standard InChI is InChI=1S/C13H15ClFN3OS/c1-4-9(16-2)10-7-5-17-18-13(7)8(6-20(3)19)12(15)11(10)14/h4-5,16H,6H2,1-3H3,(H,17,18)/b9-4-. The third-order valence-corrected chi connectivity index (χ3v) is 4.11. The first-order valence-electron chi connectivity index (χ1n) is 5.98. The van der Waals surface area contributed by atoms with Crippen LogP contribution in [0.15, 0.2) is 12.3 Å². The Morgan fingerprint density at radius 1 is 1.65 bits per heavy atom. The highest BCUT2D eigenvalue weighted by Gasteiger charge is 2.22. The lowest BCUT2D eigenvalue weighted by molar-refractivity contribution is 0.617. The van der Waals surface area contributed by atoms with Gasteiger partial charge in [-0.05, 0) is 6.92 Å². The first-order chi connectivity index (χ1) is 9.51. The summed E-state index contributed by atoms with van der Waals surface area (Å²) >= 11 is 6.17. The summed E-state index contributed by atoms with van der Waals surface area (Å²) in [5.74, 6) is -0.460. The van der Waals surface area contributed by atoms with Crippen LogP contribution in [0.3, 0.4) is 0 Å². The maximum absolute atomic E-state index is 14.5. The molecule has 0 amide bonds. The Morgan fingerprint density at radius 3 is 2.90 bits per heavy atom. The molecule has 0 aliphatic rings. The zero-order valence-corrected chi connectivity index (χ0v) is 13.0. The van der Waals surface area contributed by atoms with E-state index in [-0.39, 0.29) is 10.8 Å². The molecular weight excluding hydrogens is 301 g/mol. The highest BCUT2D eigenvalue weighted by molar-refractivity contribution is 7.83. The Morgan fingerprint density at radius 2 is 2.35 bits per heavy atom. The van der Waals surface area contributed by atoms with E-state index in [2.05, 4.69) is 15.5 Å². The average molecular weight is 316 g/mol. The molecule has 0 saturated heterocycles. The van der Waals surface area contributed by atoms with Crippen LogP contribution in [0.1, 0.15) is 18.1 Å². The van der Waals surface area contributed by atoms with Crippen molar-refractivity contribution < 1.29 is 8.60 Å². The van der Waals surface area contributed by atoms with E-state index in [1.807, 2.05) is 13.0 Å². The van der Waals surface area contributed by atoms with Gasteiger partial charge in [-0.15, -0.1) is 0 Å².